The van der Waals surface area contributed by atoms with Crippen LogP contribution in [0.3, 0.4) is 0 Å². The third kappa shape index (κ3) is 2.56. The Kier molecular flexibility index (Phi) is 3.70. The van der Waals surface area contributed by atoms with E-state index in [1.165, 1.54) is 12.1 Å². The molecule has 0 aliphatic rings. The van der Waals surface area contributed by atoms with Crippen molar-refractivity contribution in [3.05, 3.63) is 109 Å². The fourth-order valence-corrected chi connectivity index (χ4v) is 4.77. The minimum Gasteiger partial charge on any atom is -0.293 e. The molecule has 0 atom stereocenters. The quantitative estimate of drug-likeness (QED) is 0.303. The molecule has 0 saturated carbocycles. The smallest absolute Gasteiger partial charge is 0.165 e. The highest BCUT2D eigenvalue weighted by Gasteiger charge is 2.20. The van der Waals surface area contributed by atoms with Crippen LogP contribution < -0.4 is 0 Å². The predicted octanol–water partition coefficient (Wildman–Crippen LogP) is 6.81. The summed E-state index contributed by atoms with van der Waals surface area (Å²) in [5, 5.41) is 2.01. The molecule has 5 heteroatoms. The molecule has 0 spiro atoms. The molecular formula is C28H17FN4. The molecule has 7 rings (SSSR count). The number of nitrogens with zero attached hydrogens (tertiary/aromatic N) is 4. The highest BCUT2D eigenvalue weighted by molar-refractivity contribution is 6.12. The first kappa shape index (κ1) is 18.1. The Balaban J connectivity index is 1.69. The van der Waals surface area contributed by atoms with Gasteiger partial charge in [0, 0.05) is 16.5 Å². The van der Waals surface area contributed by atoms with Gasteiger partial charge >= 0.3 is 0 Å². The van der Waals surface area contributed by atoms with Crippen LogP contribution in [0.2, 0.25) is 0 Å². The molecule has 156 valence electrons. The lowest BCUT2D eigenvalue weighted by molar-refractivity contribution is 0.627. The van der Waals surface area contributed by atoms with Crippen molar-refractivity contribution in [2.75, 3.05) is 0 Å². The molecule has 3 aromatic heterocycles. The first-order valence-corrected chi connectivity index (χ1v) is 10.8. The molecular weight excluding hydrogens is 411 g/mol. The maximum absolute atomic E-state index is 14.2. The summed E-state index contributed by atoms with van der Waals surface area (Å²) in [7, 11) is 0. The first-order valence-electron chi connectivity index (χ1n) is 10.8. The van der Waals surface area contributed by atoms with Crippen molar-refractivity contribution < 1.29 is 4.39 Å². The molecule has 0 saturated heterocycles. The van der Waals surface area contributed by atoms with Crippen molar-refractivity contribution >= 4 is 44.1 Å². The van der Waals surface area contributed by atoms with Crippen LogP contribution in [-0.2, 0) is 0 Å². The van der Waals surface area contributed by atoms with Crippen LogP contribution in [0, 0.1) is 5.82 Å². The summed E-state index contributed by atoms with van der Waals surface area (Å²) in [6.07, 6.45) is 0. The number of fused-ring (bicyclic) bond motifs is 6. The van der Waals surface area contributed by atoms with Crippen LogP contribution in [0.4, 0.5) is 4.39 Å². The molecule has 0 aliphatic heterocycles. The number of para-hydroxylation sites is 3. The Hall–Kier alpha value is -4.51. The van der Waals surface area contributed by atoms with Gasteiger partial charge < -0.3 is 0 Å². The SMILES string of the molecule is Fc1cccc(-n2c3ccccc3c3nc4c(nc32)c2ccccc2n4-c2ccccc2)c1. The number of aromatic nitrogens is 4. The molecule has 3 heterocycles. The molecule has 7 aromatic rings. The van der Waals surface area contributed by atoms with E-state index in [9.17, 15) is 4.39 Å². The number of benzene rings is 4. The summed E-state index contributed by atoms with van der Waals surface area (Å²) in [5.74, 6) is -0.284. The normalized spacial score (nSPS) is 11.8. The van der Waals surface area contributed by atoms with Crippen LogP contribution in [0.5, 0.6) is 0 Å². The van der Waals surface area contributed by atoms with E-state index in [4.69, 9.17) is 9.97 Å². The second kappa shape index (κ2) is 6.74. The molecule has 0 radical (unpaired) electrons. The standard InChI is InChI=1S/C28H17FN4/c29-18-9-8-12-20(17-18)33-24-16-7-5-14-22(24)26-28(33)31-25-21-13-4-6-15-23(21)32(27(25)30-26)19-10-2-1-3-11-19/h1-17H. The Morgan fingerprint density at radius 2 is 1.03 bits per heavy atom. The Morgan fingerprint density at radius 1 is 0.515 bits per heavy atom. The van der Waals surface area contributed by atoms with E-state index < -0.39 is 0 Å². The highest BCUT2D eigenvalue weighted by Crippen LogP contribution is 2.35. The molecule has 0 aliphatic carbocycles. The van der Waals surface area contributed by atoms with Gasteiger partial charge in [-0.05, 0) is 42.5 Å². The molecule has 0 amide bonds. The van der Waals surface area contributed by atoms with Gasteiger partial charge in [0.25, 0.3) is 0 Å². The van der Waals surface area contributed by atoms with E-state index in [-0.39, 0.29) is 5.82 Å². The van der Waals surface area contributed by atoms with E-state index in [2.05, 4.69) is 28.8 Å². The maximum Gasteiger partial charge on any atom is 0.165 e. The zero-order valence-corrected chi connectivity index (χ0v) is 17.5. The minimum atomic E-state index is -0.284. The molecule has 33 heavy (non-hydrogen) atoms. The number of hydrogen-bond donors (Lipinski definition) is 0. The van der Waals surface area contributed by atoms with Crippen molar-refractivity contribution in [1.29, 1.82) is 0 Å². The van der Waals surface area contributed by atoms with E-state index in [0.29, 0.717) is 5.65 Å². The van der Waals surface area contributed by atoms with Gasteiger partial charge in [0.15, 0.2) is 11.3 Å². The summed E-state index contributed by atoms with van der Waals surface area (Å²) in [4.78, 5) is 10.3. The molecule has 4 aromatic carbocycles. The molecule has 0 unspecified atom stereocenters. The predicted molar refractivity (Wildman–Crippen MR) is 131 cm³/mol. The number of hydrogen-bond acceptors (Lipinski definition) is 2. The zero-order chi connectivity index (χ0) is 21.9. The van der Waals surface area contributed by atoms with Crippen LogP contribution in [0.15, 0.2) is 103 Å². The summed E-state index contributed by atoms with van der Waals surface area (Å²) < 4.78 is 18.3. The molecule has 0 bridgehead atoms. The Morgan fingerprint density at radius 3 is 1.64 bits per heavy atom. The van der Waals surface area contributed by atoms with Gasteiger partial charge in [-0.25, -0.2) is 14.4 Å². The maximum atomic E-state index is 14.2. The van der Waals surface area contributed by atoms with E-state index in [0.717, 1.165) is 49.9 Å². The largest absolute Gasteiger partial charge is 0.293 e. The topological polar surface area (TPSA) is 35.6 Å². The fraction of sp³-hybridized carbons (Fsp3) is 0. The highest BCUT2D eigenvalue weighted by atomic mass is 19.1. The Bertz CT molecular complexity index is 1830. The van der Waals surface area contributed by atoms with Crippen molar-refractivity contribution in [3.8, 4) is 11.4 Å². The van der Waals surface area contributed by atoms with Gasteiger partial charge in [0.05, 0.1) is 16.7 Å². The van der Waals surface area contributed by atoms with Crippen molar-refractivity contribution in [3.63, 3.8) is 0 Å². The lowest BCUT2D eigenvalue weighted by Gasteiger charge is -2.07. The minimum absolute atomic E-state index is 0.284. The lowest BCUT2D eigenvalue weighted by atomic mass is 10.2. The average molecular weight is 428 g/mol. The summed E-state index contributed by atoms with van der Waals surface area (Å²) in [6.45, 7) is 0. The number of halogens is 1. The molecule has 0 N–H and O–H groups in total. The van der Waals surface area contributed by atoms with Crippen molar-refractivity contribution in [2.24, 2.45) is 0 Å². The monoisotopic (exact) mass is 428 g/mol. The van der Waals surface area contributed by atoms with Crippen LogP contribution >= 0.6 is 0 Å². The summed E-state index contributed by atoms with van der Waals surface area (Å²) >= 11 is 0. The Labute approximate surface area is 188 Å². The van der Waals surface area contributed by atoms with Gasteiger partial charge in [-0.15, -0.1) is 0 Å². The van der Waals surface area contributed by atoms with Gasteiger partial charge in [-0.1, -0.05) is 60.7 Å². The fourth-order valence-electron chi connectivity index (χ4n) is 4.77. The van der Waals surface area contributed by atoms with Gasteiger partial charge in [-0.2, -0.15) is 0 Å². The zero-order valence-electron chi connectivity index (χ0n) is 17.5. The van der Waals surface area contributed by atoms with Crippen LogP contribution in [-0.4, -0.2) is 19.1 Å². The lowest BCUT2D eigenvalue weighted by Crippen LogP contribution is -1.98. The third-order valence-corrected chi connectivity index (χ3v) is 6.16. The van der Waals surface area contributed by atoms with Gasteiger partial charge in [0.1, 0.15) is 16.9 Å². The summed E-state index contributed by atoms with van der Waals surface area (Å²) in [5.41, 5.74) is 6.88. The van der Waals surface area contributed by atoms with E-state index in [1.54, 1.807) is 6.07 Å². The van der Waals surface area contributed by atoms with Crippen molar-refractivity contribution in [1.82, 2.24) is 19.1 Å². The van der Waals surface area contributed by atoms with E-state index >= 15 is 0 Å². The molecule has 4 nitrogen and oxygen atoms in total. The second-order valence-electron chi connectivity index (χ2n) is 8.09. The second-order valence-corrected chi connectivity index (χ2v) is 8.09. The van der Waals surface area contributed by atoms with Gasteiger partial charge in [0.2, 0.25) is 0 Å². The molecule has 0 fully saturated rings. The summed E-state index contributed by atoms with van der Waals surface area (Å²) in [6, 6.07) is 33.1. The average Bonchev–Trinajstić information content (AvgIpc) is 3.35. The third-order valence-electron chi connectivity index (χ3n) is 6.16. The first-order chi connectivity index (χ1) is 16.3. The van der Waals surface area contributed by atoms with Crippen LogP contribution in [0.25, 0.3) is 55.5 Å². The van der Waals surface area contributed by atoms with Crippen molar-refractivity contribution in [2.45, 2.75) is 0 Å². The van der Waals surface area contributed by atoms with E-state index in [1.807, 2.05) is 65.2 Å². The van der Waals surface area contributed by atoms with Crippen LogP contribution in [0.1, 0.15) is 0 Å². The number of rotatable bonds is 2. The van der Waals surface area contributed by atoms with Gasteiger partial charge in [-0.3, -0.25) is 9.13 Å².